The second-order valence-corrected chi connectivity index (χ2v) is 4.69. The van der Waals surface area contributed by atoms with Gasteiger partial charge in [-0.15, -0.1) is 0 Å². The first-order valence-corrected chi connectivity index (χ1v) is 6.23. The molecule has 0 saturated carbocycles. The van der Waals surface area contributed by atoms with E-state index in [0.717, 1.165) is 24.2 Å². The Morgan fingerprint density at radius 2 is 2.00 bits per heavy atom. The molecule has 0 aliphatic heterocycles. The van der Waals surface area contributed by atoms with Crippen LogP contribution in [0.25, 0.3) is 0 Å². The van der Waals surface area contributed by atoms with Crippen molar-refractivity contribution in [3.63, 3.8) is 0 Å². The van der Waals surface area contributed by atoms with Crippen molar-refractivity contribution < 1.29 is 4.74 Å². The van der Waals surface area contributed by atoms with Crippen molar-refractivity contribution in [2.45, 2.75) is 38.6 Å². The minimum Gasteiger partial charge on any atom is -0.496 e. The smallest absolute Gasteiger partial charge is 0.123 e. The Hall–Kier alpha value is -1.06. The van der Waals surface area contributed by atoms with Gasteiger partial charge in [0.2, 0.25) is 0 Å². The molecule has 0 aliphatic rings. The third-order valence-electron chi connectivity index (χ3n) is 3.04. The summed E-state index contributed by atoms with van der Waals surface area (Å²) in [5.74, 6) is 1.38. The Morgan fingerprint density at radius 3 is 2.53 bits per heavy atom. The first-order valence-electron chi connectivity index (χ1n) is 6.23. The molecule has 0 saturated heterocycles. The number of methoxy groups -OCH3 is 1. The fourth-order valence-electron chi connectivity index (χ4n) is 1.89. The Kier molecular flexibility index (Phi) is 5.45. The summed E-state index contributed by atoms with van der Waals surface area (Å²) < 4.78 is 5.37. The van der Waals surface area contributed by atoms with Crippen LogP contribution in [0.15, 0.2) is 18.2 Å². The molecule has 0 unspecified atom stereocenters. The molecule has 1 aromatic rings. The Bertz CT molecular complexity index is 350. The SMILES string of the molecule is COc1ccc(C(C)C)cc1[C@@H](N)CCCN. The van der Waals surface area contributed by atoms with Crippen LogP contribution in [-0.4, -0.2) is 13.7 Å². The molecule has 0 heterocycles. The fraction of sp³-hybridized carbons (Fsp3) is 0.571. The fourth-order valence-corrected chi connectivity index (χ4v) is 1.89. The van der Waals surface area contributed by atoms with E-state index in [2.05, 4.69) is 26.0 Å². The molecular formula is C14H24N2O. The van der Waals surface area contributed by atoms with Crippen LogP contribution in [0.1, 0.15) is 49.8 Å². The molecule has 0 radical (unpaired) electrons. The van der Waals surface area contributed by atoms with Gasteiger partial charge in [-0.3, -0.25) is 0 Å². The molecule has 0 fully saturated rings. The van der Waals surface area contributed by atoms with E-state index >= 15 is 0 Å². The summed E-state index contributed by atoms with van der Waals surface area (Å²) in [7, 11) is 1.68. The molecular weight excluding hydrogens is 212 g/mol. The summed E-state index contributed by atoms with van der Waals surface area (Å²) in [6.07, 6.45) is 1.84. The molecule has 1 atom stereocenters. The largest absolute Gasteiger partial charge is 0.496 e. The molecule has 3 heteroatoms. The molecule has 3 nitrogen and oxygen atoms in total. The summed E-state index contributed by atoms with van der Waals surface area (Å²) in [6, 6.07) is 6.27. The lowest BCUT2D eigenvalue weighted by atomic mass is 9.95. The van der Waals surface area contributed by atoms with E-state index < -0.39 is 0 Å². The highest BCUT2D eigenvalue weighted by molar-refractivity contribution is 5.40. The molecule has 0 amide bonds. The van der Waals surface area contributed by atoms with Crippen molar-refractivity contribution in [1.82, 2.24) is 0 Å². The summed E-state index contributed by atoms with van der Waals surface area (Å²) >= 11 is 0. The third kappa shape index (κ3) is 3.72. The first kappa shape index (κ1) is 14.0. The van der Waals surface area contributed by atoms with Crippen LogP contribution in [0.4, 0.5) is 0 Å². The van der Waals surface area contributed by atoms with E-state index in [-0.39, 0.29) is 6.04 Å². The van der Waals surface area contributed by atoms with Gasteiger partial charge in [0.1, 0.15) is 5.75 Å². The second kappa shape index (κ2) is 6.62. The average Bonchev–Trinajstić information content (AvgIpc) is 2.34. The summed E-state index contributed by atoms with van der Waals surface area (Å²) in [6.45, 7) is 5.04. The molecule has 0 aliphatic carbocycles. The molecule has 0 aromatic heterocycles. The van der Waals surface area contributed by atoms with Crippen LogP contribution in [0, 0.1) is 0 Å². The third-order valence-corrected chi connectivity index (χ3v) is 3.04. The molecule has 0 bridgehead atoms. The van der Waals surface area contributed by atoms with E-state index in [1.807, 2.05) is 6.07 Å². The quantitative estimate of drug-likeness (QED) is 0.798. The number of hydrogen-bond donors (Lipinski definition) is 2. The maximum atomic E-state index is 6.19. The predicted molar refractivity (Wildman–Crippen MR) is 72.3 cm³/mol. The Balaban J connectivity index is 2.96. The van der Waals surface area contributed by atoms with Crippen molar-refractivity contribution in [1.29, 1.82) is 0 Å². The van der Waals surface area contributed by atoms with E-state index in [1.54, 1.807) is 7.11 Å². The van der Waals surface area contributed by atoms with Crippen LogP contribution >= 0.6 is 0 Å². The molecule has 1 aromatic carbocycles. The standard InChI is InChI=1S/C14H24N2O/c1-10(2)11-6-7-14(17-3)12(9-11)13(16)5-4-8-15/h6-7,9-10,13H,4-5,8,15-16H2,1-3H3/t13-/m0/s1. The number of hydrogen-bond acceptors (Lipinski definition) is 3. The summed E-state index contributed by atoms with van der Waals surface area (Å²) in [5.41, 5.74) is 14.1. The Labute approximate surface area is 104 Å². The van der Waals surface area contributed by atoms with Gasteiger partial charge in [0.15, 0.2) is 0 Å². The predicted octanol–water partition coefficient (Wildman–Crippen LogP) is 2.56. The van der Waals surface area contributed by atoms with Gasteiger partial charge in [-0.1, -0.05) is 26.0 Å². The van der Waals surface area contributed by atoms with Crippen LogP contribution in [0.2, 0.25) is 0 Å². The normalized spacial score (nSPS) is 12.8. The maximum Gasteiger partial charge on any atom is 0.123 e. The van der Waals surface area contributed by atoms with E-state index in [4.69, 9.17) is 16.2 Å². The minimum absolute atomic E-state index is 0.00667. The minimum atomic E-state index is 0.00667. The van der Waals surface area contributed by atoms with Gasteiger partial charge in [0.25, 0.3) is 0 Å². The zero-order valence-electron chi connectivity index (χ0n) is 11.1. The van der Waals surface area contributed by atoms with Crippen LogP contribution < -0.4 is 16.2 Å². The zero-order valence-corrected chi connectivity index (χ0v) is 11.1. The molecule has 0 spiro atoms. The highest BCUT2D eigenvalue weighted by Crippen LogP contribution is 2.29. The summed E-state index contributed by atoms with van der Waals surface area (Å²) in [5, 5.41) is 0. The highest BCUT2D eigenvalue weighted by atomic mass is 16.5. The lowest BCUT2D eigenvalue weighted by Crippen LogP contribution is -2.14. The number of benzene rings is 1. The van der Waals surface area contributed by atoms with Gasteiger partial charge in [-0.05, 0) is 36.9 Å². The van der Waals surface area contributed by atoms with Crippen LogP contribution in [0.5, 0.6) is 5.75 Å². The first-order chi connectivity index (χ1) is 8.10. The second-order valence-electron chi connectivity index (χ2n) is 4.69. The molecule has 1 rings (SSSR count). The average molecular weight is 236 g/mol. The number of ether oxygens (including phenoxy) is 1. The number of rotatable bonds is 6. The van der Waals surface area contributed by atoms with Crippen LogP contribution in [-0.2, 0) is 0 Å². The van der Waals surface area contributed by atoms with Crippen molar-refractivity contribution in [3.05, 3.63) is 29.3 Å². The molecule has 17 heavy (non-hydrogen) atoms. The van der Waals surface area contributed by atoms with E-state index in [1.165, 1.54) is 5.56 Å². The van der Waals surface area contributed by atoms with Crippen molar-refractivity contribution in [2.24, 2.45) is 11.5 Å². The van der Waals surface area contributed by atoms with E-state index in [0.29, 0.717) is 12.5 Å². The van der Waals surface area contributed by atoms with Gasteiger partial charge in [0, 0.05) is 11.6 Å². The number of nitrogens with two attached hydrogens (primary N) is 2. The molecule has 4 N–H and O–H groups in total. The lowest BCUT2D eigenvalue weighted by Gasteiger charge is -2.18. The summed E-state index contributed by atoms with van der Waals surface area (Å²) in [4.78, 5) is 0. The van der Waals surface area contributed by atoms with E-state index in [9.17, 15) is 0 Å². The van der Waals surface area contributed by atoms with Gasteiger partial charge < -0.3 is 16.2 Å². The maximum absolute atomic E-state index is 6.19. The highest BCUT2D eigenvalue weighted by Gasteiger charge is 2.13. The van der Waals surface area contributed by atoms with Gasteiger partial charge in [-0.25, -0.2) is 0 Å². The van der Waals surface area contributed by atoms with Crippen molar-refractivity contribution in [3.8, 4) is 5.75 Å². The van der Waals surface area contributed by atoms with Gasteiger partial charge in [-0.2, -0.15) is 0 Å². The van der Waals surface area contributed by atoms with Crippen molar-refractivity contribution in [2.75, 3.05) is 13.7 Å². The zero-order chi connectivity index (χ0) is 12.8. The topological polar surface area (TPSA) is 61.3 Å². The lowest BCUT2D eigenvalue weighted by molar-refractivity contribution is 0.403. The Morgan fingerprint density at radius 1 is 1.29 bits per heavy atom. The van der Waals surface area contributed by atoms with Crippen molar-refractivity contribution >= 4 is 0 Å². The van der Waals surface area contributed by atoms with Crippen LogP contribution in [0.3, 0.4) is 0 Å². The van der Waals surface area contributed by atoms with Gasteiger partial charge >= 0.3 is 0 Å². The monoisotopic (exact) mass is 236 g/mol. The van der Waals surface area contributed by atoms with Gasteiger partial charge in [0.05, 0.1) is 7.11 Å². The molecule has 96 valence electrons.